The van der Waals surface area contributed by atoms with Crippen LogP contribution < -0.4 is 0 Å². The van der Waals surface area contributed by atoms with E-state index in [-0.39, 0.29) is 19.0 Å². The highest BCUT2D eigenvalue weighted by atomic mass is 16.6. The van der Waals surface area contributed by atoms with E-state index in [0.717, 1.165) is 5.56 Å². The smallest absolute Gasteiger partial charge is 0.347 e. The first kappa shape index (κ1) is 14.2. The summed E-state index contributed by atoms with van der Waals surface area (Å²) >= 11 is 0. The van der Waals surface area contributed by atoms with Gasteiger partial charge in [0.2, 0.25) is 0 Å². The molecule has 1 aromatic carbocycles. The van der Waals surface area contributed by atoms with E-state index in [2.05, 4.69) is 0 Å². The van der Waals surface area contributed by atoms with Gasteiger partial charge in [-0.15, -0.1) is 0 Å². The highest BCUT2D eigenvalue weighted by molar-refractivity contribution is 5.79. The van der Waals surface area contributed by atoms with Gasteiger partial charge in [0.15, 0.2) is 6.10 Å². The number of carbonyl (C=O) groups is 2. The molecule has 0 amide bonds. The van der Waals surface area contributed by atoms with Gasteiger partial charge in [-0.1, -0.05) is 30.3 Å². The van der Waals surface area contributed by atoms with Gasteiger partial charge in [0.25, 0.3) is 0 Å². The van der Waals surface area contributed by atoms with E-state index in [9.17, 15) is 9.59 Å². The third-order valence-corrected chi connectivity index (χ3v) is 2.39. The highest BCUT2D eigenvalue weighted by Gasteiger charge is 2.18. The first-order chi connectivity index (χ1) is 8.63. The monoisotopic (exact) mass is 250 g/mol. The van der Waals surface area contributed by atoms with Crippen molar-refractivity contribution in [2.24, 2.45) is 0 Å². The van der Waals surface area contributed by atoms with Crippen LogP contribution in [0.4, 0.5) is 0 Å². The fraction of sp³-hybridized carbons (Fsp3) is 0.429. The molecule has 4 nitrogen and oxygen atoms in total. The summed E-state index contributed by atoms with van der Waals surface area (Å²) in [6.07, 6.45) is 0.0245. The summed E-state index contributed by atoms with van der Waals surface area (Å²) in [5.74, 6) is -0.898. The van der Waals surface area contributed by atoms with E-state index in [0.29, 0.717) is 6.42 Å². The van der Waals surface area contributed by atoms with Crippen LogP contribution in [0.2, 0.25) is 0 Å². The number of esters is 2. The second-order valence-corrected chi connectivity index (χ2v) is 3.87. The summed E-state index contributed by atoms with van der Waals surface area (Å²) in [7, 11) is 0. The molecule has 0 aliphatic carbocycles. The molecule has 0 aliphatic rings. The Labute approximate surface area is 107 Å². The zero-order chi connectivity index (χ0) is 13.4. The Morgan fingerprint density at radius 1 is 1.22 bits per heavy atom. The summed E-state index contributed by atoms with van der Waals surface area (Å²) in [5, 5.41) is 0. The van der Waals surface area contributed by atoms with E-state index in [1.165, 1.54) is 6.92 Å². The molecule has 0 spiro atoms. The number of benzene rings is 1. The van der Waals surface area contributed by atoms with Gasteiger partial charge in [0.05, 0.1) is 6.61 Å². The predicted molar refractivity (Wildman–Crippen MR) is 67.0 cm³/mol. The maximum Gasteiger partial charge on any atom is 0.347 e. The Kier molecular flexibility index (Phi) is 5.91. The van der Waals surface area contributed by atoms with Crippen molar-refractivity contribution in [1.29, 1.82) is 0 Å². The molecule has 0 N–H and O–H groups in total. The summed E-state index contributed by atoms with van der Waals surface area (Å²) < 4.78 is 9.72. The van der Waals surface area contributed by atoms with Crippen LogP contribution in [0.1, 0.15) is 25.8 Å². The second kappa shape index (κ2) is 7.48. The van der Waals surface area contributed by atoms with Crippen molar-refractivity contribution in [1.82, 2.24) is 0 Å². The van der Waals surface area contributed by atoms with Gasteiger partial charge in [0.1, 0.15) is 0 Å². The molecule has 18 heavy (non-hydrogen) atoms. The molecule has 0 heterocycles. The van der Waals surface area contributed by atoms with Crippen molar-refractivity contribution in [3.63, 3.8) is 0 Å². The van der Waals surface area contributed by atoms with Crippen LogP contribution >= 0.6 is 0 Å². The zero-order valence-electron chi connectivity index (χ0n) is 10.7. The molecule has 0 aromatic heterocycles. The molecule has 0 saturated heterocycles. The number of carbonyl (C=O) groups excluding carboxylic acids is 2. The molecule has 1 unspecified atom stereocenters. The third-order valence-electron chi connectivity index (χ3n) is 2.39. The zero-order valence-corrected chi connectivity index (χ0v) is 10.7. The number of ether oxygens (including phenoxy) is 2. The van der Waals surface area contributed by atoms with Crippen molar-refractivity contribution >= 4 is 11.9 Å². The van der Waals surface area contributed by atoms with Crippen molar-refractivity contribution in [3.05, 3.63) is 35.9 Å². The van der Waals surface area contributed by atoms with Crippen molar-refractivity contribution in [2.75, 3.05) is 6.61 Å². The number of hydrogen-bond donors (Lipinski definition) is 0. The molecular weight excluding hydrogens is 232 g/mol. The molecule has 1 atom stereocenters. The highest BCUT2D eigenvalue weighted by Crippen LogP contribution is 2.05. The molecule has 0 fully saturated rings. The van der Waals surface area contributed by atoms with Crippen LogP contribution in [0.3, 0.4) is 0 Å². The Balaban J connectivity index is 2.31. The number of aryl methyl sites for hydroxylation is 1. The van der Waals surface area contributed by atoms with Gasteiger partial charge in [-0.2, -0.15) is 0 Å². The molecule has 1 aromatic rings. The minimum atomic E-state index is -0.840. The van der Waals surface area contributed by atoms with E-state index in [1.54, 1.807) is 6.92 Å². The van der Waals surface area contributed by atoms with Gasteiger partial charge in [0, 0.05) is 6.42 Å². The van der Waals surface area contributed by atoms with Gasteiger partial charge in [-0.05, 0) is 25.8 Å². The quantitative estimate of drug-likeness (QED) is 0.726. The lowest BCUT2D eigenvalue weighted by Gasteiger charge is -2.11. The standard InChI is InChI=1S/C14H18O4/c1-3-17-14(16)11(2)18-13(15)10-9-12-7-5-4-6-8-12/h4-8,11H,3,9-10H2,1-2H3. The minimum Gasteiger partial charge on any atom is -0.463 e. The number of rotatable bonds is 6. The van der Waals surface area contributed by atoms with Crippen molar-refractivity contribution in [3.8, 4) is 0 Å². The van der Waals surface area contributed by atoms with Gasteiger partial charge in [-0.25, -0.2) is 4.79 Å². The van der Waals surface area contributed by atoms with Crippen LogP contribution in [-0.4, -0.2) is 24.6 Å². The summed E-state index contributed by atoms with van der Waals surface area (Å²) in [6.45, 7) is 3.50. The van der Waals surface area contributed by atoms with Crippen molar-refractivity contribution in [2.45, 2.75) is 32.8 Å². The molecular formula is C14H18O4. The van der Waals surface area contributed by atoms with Gasteiger partial charge in [-0.3, -0.25) is 4.79 Å². The SMILES string of the molecule is CCOC(=O)C(C)OC(=O)CCc1ccccc1. The van der Waals surface area contributed by atoms with Crippen LogP contribution in [0.15, 0.2) is 30.3 Å². The first-order valence-electron chi connectivity index (χ1n) is 6.03. The maximum atomic E-state index is 11.5. The molecule has 1 rings (SSSR count). The van der Waals surface area contributed by atoms with Crippen LogP contribution in [-0.2, 0) is 25.5 Å². The Morgan fingerprint density at radius 3 is 2.50 bits per heavy atom. The Hall–Kier alpha value is -1.84. The second-order valence-electron chi connectivity index (χ2n) is 3.87. The topological polar surface area (TPSA) is 52.6 Å². The molecule has 4 heteroatoms. The maximum absolute atomic E-state index is 11.5. The predicted octanol–water partition coefficient (Wildman–Crippen LogP) is 2.11. The lowest BCUT2D eigenvalue weighted by Crippen LogP contribution is -2.26. The first-order valence-corrected chi connectivity index (χ1v) is 6.03. The van der Waals surface area contributed by atoms with Crippen LogP contribution in [0.25, 0.3) is 0 Å². The fourth-order valence-electron chi connectivity index (χ4n) is 1.45. The molecule has 0 aliphatic heterocycles. The van der Waals surface area contributed by atoms with E-state index >= 15 is 0 Å². The Morgan fingerprint density at radius 2 is 1.89 bits per heavy atom. The summed E-state index contributed by atoms with van der Waals surface area (Å²) in [5.41, 5.74) is 1.07. The van der Waals surface area contributed by atoms with E-state index in [4.69, 9.17) is 9.47 Å². The largest absolute Gasteiger partial charge is 0.463 e. The molecule has 98 valence electrons. The molecule has 0 saturated carbocycles. The Bertz CT molecular complexity index is 386. The fourth-order valence-corrected chi connectivity index (χ4v) is 1.45. The van der Waals surface area contributed by atoms with E-state index in [1.807, 2.05) is 30.3 Å². The lowest BCUT2D eigenvalue weighted by molar-refractivity contribution is -0.166. The number of hydrogen-bond acceptors (Lipinski definition) is 4. The van der Waals surface area contributed by atoms with Crippen LogP contribution in [0, 0.1) is 0 Å². The summed E-state index contributed by atoms with van der Waals surface area (Å²) in [4.78, 5) is 22.8. The van der Waals surface area contributed by atoms with Gasteiger partial charge >= 0.3 is 11.9 Å². The van der Waals surface area contributed by atoms with Gasteiger partial charge < -0.3 is 9.47 Å². The minimum absolute atomic E-state index is 0.258. The summed E-state index contributed by atoms with van der Waals surface area (Å²) in [6, 6.07) is 9.65. The molecule has 0 bridgehead atoms. The van der Waals surface area contributed by atoms with E-state index < -0.39 is 12.1 Å². The average Bonchev–Trinajstić information content (AvgIpc) is 2.38. The lowest BCUT2D eigenvalue weighted by atomic mass is 10.1. The molecule has 0 radical (unpaired) electrons. The third kappa shape index (κ3) is 4.99. The van der Waals surface area contributed by atoms with Crippen molar-refractivity contribution < 1.29 is 19.1 Å². The average molecular weight is 250 g/mol. The van der Waals surface area contributed by atoms with Crippen LogP contribution in [0.5, 0.6) is 0 Å². The normalized spacial score (nSPS) is 11.7.